The topological polar surface area (TPSA) is 125 Å². The maximum absolute atomic E-state index is 14.7. The number of carboxylic acid groups (broad SMARTS) is 1. The van der Waals surface area contributed by atoms with E-state index >= 15 is 0 Å². The van der Waals surface area contributed by atoms with Crippen LogP contribution in [0.3, 0.4) is 0 Å². The zero-order chi connectivity index (χ0) is 21.7. The number of carbonyl (C=O) groups is 1. The molecular weight excluding hydrogens is 412 g/mol. The average molecular weight is 427 g/mol. The molecule has 1 fully saturated rings. The summed E-state index contributed by atoms with van der Waals surface area (Å²) in [5.74, 6) is -3.01. The van der Waals surface area contributed by atoms with Crippen molar-refractivity contribution in [2.75, 3.05) is 0 Å². The Kier molecular flexibility index (Phi) is 4.58. The van der Waals surface area contributed by atoms with Crippen molar-refractivity contribution in [3.05, 3.63) is 58.9 Å². The maximum Gasteiger partial charge on any atom is 0.320 e. The van der Waals surface area contributed by atoms with E-state index in [2.05, 4.69) is 15.0 Å². The van der Waals surface area contributed by atoms with Gasteiger partial charge in [-0.05, 0) is 43.2 Å². The molecule has 0 bridgehead atoms. The normalized spacial score (nSPS) is 27.6. The number of aliphatic imine (C=N–C) groups is 1. The number of thioether (sulfide) groups is 1. The number of fused-ring (bicyclic) bond motifs is 1. The van der Waals surface area contributed by atoms with Crippen LogP contribution in [-0.2, 0) is 10.3 Å². The van der Waals surface area contributed by atoms with E-state index in [0.29, 0.717) is 5.56 Å². The minimum atomic E-state index is -1.24. The van der Waals surface area contributed by atoms with Crippen LogP contribution in [-0.4, -0.2) is 31.0 Å². The van der Waals surface area contributed by atoms with E-state index in [-0.39, 0.29) is 28.4 Å². The van der Waals surface area contributed by atoms with Gasteiger partial charge in [0.25, 0.3) is 0 Å². The van der Waals surface area contributed by atoms with Crippen molar-refractivity contribution in [3.8, 4) is 6.07 Å². The molecule has 0 saturated heterocycles. The van der Waals surface area contributed by atoms with Crippen molar-refractivity contribution in [2.24, 2.45) is 16.6 Å². The highest BCUT2D eigenvalue weighted by Gasteiger charge is 2.71. The van der Waals surface area contributed by atoms with Crippen LogP contribution in [0.15, 0.2) is 35.6 Å². The molecule has 30 heavy (non-hydrogen) atoms. The fourth-order valence-electron chi connectivity index (χ4n) is 3.77. The molecule has 0 unspecified atom stereocenters. The van der Waals surface area contributed by atoms with Gasteiger partial charge < -0.3 is 10.8 Å². The standard InChI is InChI=1S/C20H15F2N5O2S/c1-19(15-6-20(15,17(28)29)30-18(24)27-19)12-4-11(9-26-16(12)22)5-13(21)14-3-2-10(7-23)8-25-14/h2-5,8-9,15H,6H2,1H3,(H2,24,27)(H,28,29)/b13-5-/t15-,19+,20-/m0/s1. The van der Waals surface area contributed by atoms with Crippen LogP contribution in [0, 0.1) is 23.2 Å². The van der Waals surface area contributed by atoms with Crippen molar-refractivity contribution >= 4 is 34.8 Å². The van der Waals surface area contributed by atoms with Crippen LogP contribution in [0.5, 0.6) is 0 Å². The van der Waals surface area contributed by atoms with Gasteiger partial charge in [-0.15, -0.1) is 0 Å². The summed E-state index contributed by atoms with van der Waals surface area (Å²) in [6.07, 6.45) is 3.83. The quantitative estimate of drug-likeness (QED) is 0.718. The molecule has 1 saturated carbocycles. The molecular formula is C20H15F2N5O2S. The fraction of sp³-hybridized carbons (Fsp3) is 0.250. The lowest BCUT2D eigenvalue weighted by molar-refractivity contribution is -0.137. The fourth-order valence-corrected chi connectivity index (χ4v) is 5.09. The molecule has 0 radical (unpaired) electrons. The lowest BCUT2D eigenvalue weighted by Gasteiger charge is -2.32. The van der Waals surface area contributed by atoms with Gasteiger partial charge in [0, 0.05) is 23.9 Å². The molecule has 0 spiro atoms. The summed E-state index contributed by atoms with van der Waals surface area (Å²) in [5, 5.41) is 18.5. The Morgan fingerprint density at radius 3 is 2.83 bits per heavy atom. The van der Waals surface area contributed by atoms with Crippen molar-refractivity contribution in [1.29, 1.82) is 5.26 Å². The summed E-state index contributed by atoms with van der Waals surface area (Å²) >= 11 is 0.971. The van der Waals surface area contributed by atoms with Gasteiger partial charge in [-0.1, -0.05) is 11.8 Å². The molecule has 10 heteroatoms. The predicted molar refractivity (Wildman–Crippen MR) is 107 cm³/mol. The van der Waals surface area contributed by atoms with E-state index in [4.69, 9.17) is 11.0 Å². The van der Waals surface area contributed by atoms with Gasteiger partial charge in [0.15, 0.2) is 5.17 Å². The number of amidine groups is 1. The van der Waals surface area contributed by atoms with E-state index < -0.39 is 33.9 Å². The van der Waals surface area contributed by atoms with Gasteiger partial charge in [0.1, 0.15) is 16.6 Å². The molecule has 7 nitrogen and oxygen atoms in total. The second-order valence-corrected chi connectivity index (χ2v) is 8.65. The highest BCUT2D eigenvalue weighted by molar-refractivity contribution is 8.15. The number of hydrogen-bond donors (Lipinski definition) is 2. The van der Waals surface area contributed by atoms with Crippen molar-refractivity contribution < 1.29 is 18.7 Å². The monoisotopic (exact) mass is 427 g/mol. The summed E-state index contributed by atoms with van der Waals surface area (Å²) in [4.78, 5) is 23.7. The van der Waals surface area contributed by atoms with E-state index in [9.17, 15) is 18.7 Å². The molecule has 2 aliphatic rings. The zero-order valence-electron chi connectivity index (χ0n) is 15.6. The van der Waals surface area contributed by atoms with E-state index in [0.717, 1.165) is 24.0 Å². The van der Waals surface area contributed by atoms with Gasteiger partial charge in [-0.25, -0.2) is 9.37 Å². The average Bonchev–Trinajstić information content (AvgIpc) is 3.46. The summed E-state index contributed by atoms with van der Waals surface area (Å²) in [5.41, 5.74) is 5.23. The molecule has 3 heterocycles. The molecule has 2 aromatic heterocycles. The molecule has 1 aliphatic carbocycles. The van der Waals surface area contributed by atoms with Crippen molar-refractivity contribution in [3.63, 3.8) is 0 Å². The summed E-state index contributed by atoms with van der Waals surface area (Å²) in [6, 6.07) is 6.08. The molecule has 2 aromatic rings. The highest BCUT2D eigenvalue weighted by atomic mass is 32.2. The van der Waals surface area contributed by atoms with Gasteiger partial charge in [0.05, 0.1) is 16.8 Å². The number of rotatable bonds is 4. The van der Waals surface area contributed by atoms with Crippen molar-refractivity contribution in [1.82, 2.24) is 9.97 Å². The van der Waals surface area contributed by atoms with Crippen LogP contribution in [0.2, 0.25) is 0 Å². The van der Waals surface area contributed by atoms with Crippen LogP contribution in [0.4, 0.5) is 8.78 Å². The largest absolute Gasteiger partial charge is 0.480 e. The van der Waals surface area contributed by atoms with Crippen LogP contribution in [0.1, 0.15) is 35.7 Å². The first kappa shape index (κ1) is 20.0. The second kappa shape index (κ2) is 6.88. The number of aromatic nitrogens is 2. The molecule has 152 valence electrons. The second-order valence-electron chi connectivity index (χ2n) is 7.29. The van der Waals surface area contributed by atoms with E-state index in [1.165, 1.54) is 24.4 Å². The number of nitrogens with zero attached hydrogens (tertiary/aromatic N) is 4. The van der Waals surface area contributed by atoms with Crippen molar-refractivity contribution in [2.45, 2.75) is 23.6 Å². The lowest BCUT2D eigenvalue weighted by atomic mass is 9.86. The molecule has 0 aromatic carbocycles. The Labute approximate surface area is 174 Å². The van der Waals surface area contributed by atoms with Gasteiger partial charge in [0.2, 0.25) is 5.95 Å². The number of nitrogens with two attached hydrogens (primary N) is 1. The number of carboxylic acids is 1. The van der Waals surface area contributed by atoms with E-state index in [1.807, 2.05) is 6.07 Å². The first-order chi connectivity index (χ1) is 14.2. The summed E-state index contributed by atoms with van der Waals surface area (Å²) in [6.45, 7) is 1.61. The first-order valence-electron chi connectivity index (χ1n) is 8.87. The van der Waals surface area contributed by atoms with E-state index in [1.54, 1.807) is 6.92 Å². The lowest BCUT2D eigenvalue weighted by Crippen LogP contribution is -2.39. The third-order valence-corrected chi connectivity index (χ3v) is 6.71. The number of nitriles is 1. The van der Waals surface area contributed by atoms with Crippen LogP contribution in [0.25, 0.3) is 11.9 Å². The third-order valence-electron chi connectivity index (χ3n) is 5.42. The van der Waals surface area contributed by atoms with Gasteiger partial charge in [-0.2, -0.15) is 9.65 Å². The molecule has 4 rings (SSSR count). The van der Waals surface area contributed by atoms with Crippen LogP contribution >= 0.6 is 11.8 Å². The molecule has 3 atom stereocenters. The van der Waals surface area contributed by atoms with Gasteiger partial charge >= 0.3 is 5.97 Å². The minimum absolute atomic E-state index is 0.00880. The number of aliphatic carboxylic acids is 1. The Hall–Kier alpha value is -3.32. The Morgan fingerprint density at radius 1 is 1.43 bits per heavy atom. The maximum atomic E-state index is 14.7. The highest BCUT2D eigenvalue weighted by Crippen LogP contribution is 2.65. The summed E-state index contributed by atoms with van der Waals surface area (Å²) in [7, 11) is 0. The minimum Gasteiger partial charge on any atom is -0.480 e. The zero-order valence-corrected chi connectivity index (χ0v) is 16.5. The Morgan fingerprint density at radius 2 is 2.20 bits per heavy atom. The summed E-state index contributed by atoms with van der Waals surface area (Å²) < 4.78 is 28.1. The smallest absolute Gasteiger partial charge is 0.320 e. The number of hydrogen-bond acceptors (Lipinski definition) is 7. The predicted octanol–water partition coefficient (Wildman–Crippen LogP) is 3.07. The molecule has 3 N–H and O–H groups in total. The Balaban J connectivity index is 1.73. The first-order valence-corrected chi connectivity index (χ1v) is 9.69. The third kappa shape index (κ3) is 3.11. The van der Waals surface area contributed by atoms with Gasteiger partial charge in [-0.3, -0.25) is 14.8 Å². The Bertz CT molecular complexity index is 1160. The number of halogens is 2. The van der Waals surface area contributed by atoms with Crippen LogP contribution < -0.4 is 5.73 Å². The SMILES string of the molecule is C[C@]1(c2cc(/C=C(\F)c3ccc(C#N)cn3)cnc2F)N=C(N)S[C@@]2(C(=O)O)C[C@H]21. The molecule has 0 amide bonds. The molecule has 1 aliphatic heterocycles. The number of pyridine rings is 2.